The number of benzene rings is 1. The largest absolute Gasteiger partial charge is 0.348 e. The Morgan fingerprint density at radius 1 is 1.20 bits per heavy atom. The first-order chi connectivity index (χ1) is 14.4. The number of amides is 1. The molecule has 3 heterocycles. The first kappa shape index (κ1) is 20.8. The summed E-state index contributed by atoms with van der Waals surface area (Å²) in [7, 11) is -3.40. The summed E-state index contributed by atoms with van der Waals surface area (Å²) in [5.41, 5.74) is 2.86. The summed E-state index contributed by atoms with van der Waals surface area (Å²) >= 11 is 0. The molecule has 3 aliphatic heterocycles. The number of hydrogen-bond donors (Lipinski definition) is 1. The lowest BCUT2D eigenvalue weighted by Gasteiger charge is -2.31. The van der Waals surface area contributed by atoms with Crippen LogP contribution in [0.4, 0.5) is 0 Å². The predicted octanol–water partition coefficient (Wildman–Crippen LogP) is 2.03. The van der Waals surface area contributed by atoms with Crippen LogP contribution in [0.2, 0.25) is 0 Å². The third kappa shape index (κ3) is 4.99. The van der Waals surface area contributed by atoms with Gasteiger partial charge in [0.15, 0.2) is 0 Å². The van der Waals surface area contributed by atoms with Gasteiger partial charge in [0.25, 0.3) is 15.9 Å². The van der Waals surface area contributed by atoms with Gasteiger partial charge in [0.05, 0.1) is 11.3 Å². The molecular weight excluding hydrogens is 400 g/mol. The Morgan fingerprint density at radius 3 is 2.80 bits per heavy atom. The first-order valence-electron chi connectivity index (χ1n) is 10.5. The van der Waals surface area contributed by atoms with Crippen molar-refractivity contribution in [2.24, 2.45) is 10.3 Å². The molecule has 160 valence electrons. The van der Waals surface area contributed by atoms with Gasteiger partial charge in [-0.05, 0) is 48.6 Å². The van der Waals surface area contributed by atoms with E-state index in [1.807, 2.05) is 12.1 Å². The van der Waals surface area contributed by atoms with Gasteiger partial charge in [-0.2, -0.15) is 0 Å². The van der Waals surface area contributed by atoms with Crippen molar-refractivity contribution in [2.75, 3.05) is 25.4 Å². The minimum absolute atomic E-state index is 0.0434. The van der Waals surface area contributed by atoms with Crippen LogP contribution in [0.5, 0.6) is 0 Å². The van der Waals surface area contributed by atoms with E-state index in [1.54, 1.807) is 23.3 Å². The Morgan fingerprint density at radius 2 is 2.00 bits per heavy atom. The number of sulfonamides is 1. The van der Waals surface area contributed by atoms with Crippen LogP contribution in [0.25, 0.3) is 0 Å². The van der Waals surface area contributed by atoms with Crippen molar-refractivity contribution in [3.05, 3.63) is 59.3 Å². The molecule has 1 saturated heterocycles. The van der Waals surface area contributed by atoms with Crippen molar-refractivity contribution >= 4 is 21.8 Å². The number of piperidine rings is 1. The fraction of sp³-hybridized carbons (Fsp3) is 0.455. The van der Waals surface area contributed by atoms with Gasteiger partial charge >= 0.3 is 0 Å². The van der Waals surface area contributed by atoms with E-state index < -0.39 is 10.0 Å². The van der Waals surface area contributed by atoms with Crippen LogP contribution in [0.1, 0.15) is 30.9 Å². The maximum absolute atomic E-state index is 12.7. The molecule has 0 aliphatic carbocycles. The zero-order chi connectivity index (χ0) is 21.1. The standard InChI is InChI=1S/C22H28N4O3S/c1-17-5-4-10-25(14-17)15-19-7-3-2-6-18(19)13-23-22(27)20-8-9-21-24-30(28,29)12-11-26(21)16-20/h2-3,6-9,16-17H,4-5,10-15H2,1H3,(H,23,27)/t17-/m0/s1. The van der Waals surface area contributed by atoms with Crippen LogP contribution in [0.15, 0.2) is 52.6 Å². The molecule has 0 aromatic heterocycles. The number of fused-ring (bicyclic) bond motifs is 1. The maximum atomic E-state index is 12.7. The summed E-state index contributed by atoms with van der Waals surface area (Å²) in [6.45, 7) is 6.21. The smallest absolute Gasteiger partial charge is 0.256 e. The first-order valence-corrected chi connectivity index (χ1v) is 12.1. The molecule has 0 unspecified atom stereocenters. The quantitative estimate of drug-likeness (QED) is 0.776. The second-order valence-electron chi connectivity index (χ2n) is 8.28. The molecule has 8 heteroatoms. The summed E-state index contributed by atoms with van der Waals surface area (Å²) in [5, 5.41) is 3.01. The highest BCUT2D eigenvalue weighted by atomic mass is 32.2. The molecule has 7 nitrogen and oxygen atoms in total. The molecule has 3 aliphatic rings. The van der Waals surface area contributed by atoms with E-state index in [1.165, 1.54) is 18.4 Å². The third-order valence-corrected chi connectivity index (χ3v) is 6.94. The summed E-state index contributed by atoms with van der Waals surface area (Å²) in [4.78, 5) is 16.9. The summed E-state index contributed by atoms with van der Waals surface area (Å²) in [6.07, 6.45) is 7.41. The Labute approximate surface area is 178 Å². The number of likely N-dealkylation sites (tertiary alicyclic amines) is 1. The molecule has 1 aromatic carbocycles. The molecule has 1 atom stereocenters. The molecule has 1 N–H and O–H groups in total. The predicted molar refractivity (Wildman–Crippen MR) is 117 cm³/mol. The highest BCUT2D eigenvalue weighted by molar-refractivity contribution is 7.90. The average Bonchev–Trinajstić information content (AvgIpc) is 2.72. The van der Waals surface area contributed by atoms with E-state index in [-0.39, 0.29) is 11.7 Å². The SMILES string of the molecule is C[C@H]1CCCN(Cc2ccccc2CNC(=O)C2=CN3CCS(=O)(=O)N=C3C=C2)C1. The van der Waals surface area contributed by atoms with Crippen molar-refractivity contribution in [3.63, 3.8) is 0 Å². The minimum Gasteiger partial charge on any atom is -0.348 e. The van der Waals surface area contributed by atoms with Gasteiger partial charge in [0, 0.05) is 32.4 Å². The van der Waals surface area contributed by atoms with Crippen LogP contribution in [-0.2, 0) is 27.9 Å². The van der Waals surface area contributed by atoms with Gasteiger partial charge in [0.1, 0.15) is 5.84 Å². The van der Waals surface area contributed by atoms with Crippen LogP contribution < -0.4 is 5.32 Å². The number of rotatable bonds is 5. The van der Waals surface area contributed by atoms with Crippen molar-refractivity contribution in [2.45, 2.75) is 32.9 Å². The van der Waals surface area contributed by atoms with Crippen LogP contribution in [-0.4, -0.2) is 55.3 Å². The van der Waals surface area contributed by atoms with Crippen molar-refractivity contribution in [3.8, 4) is 0 Å². The van der Waals surface area contributed by atoms with E-state index in [0.717, 1.165) is 31.1 Å². The van der Waals surface area contributed by atoms with Crippen LogP contribution >= 0.6 is 0 Å². The number of amidine groups is 1. The number of carbonyl (C=O) groups is 1. The number of nitrogens with one attached hydrogen (secondary N) is 1. The lowest BCUT2D eigenvalue weighted by Crippen LogP contribution is -2.38. The lowest BCUT2D eigenvalue weighted by atomic mass is 9.99. The van der Waals surface area contributed by atoms with Gasteiger partial charge in [-0.1, -0.05) is 31.2 Å². The minimum atomic E-state index is -3.40. The summed E-state index contributed by atoms with van der Waals surface area (Å²) < 4.78 is 27.0. The van der Waals surface area contributed by atoms with Crippen molar-refractivity contribution in [1.29, 1.82) is 0 Å². The van der Waals surface area contributed by atoms with E-state index >= 15 is 0 Å². The highest BCUT2D eigenvalue weighted by Gasteiger charge is 2.25. The van der Waals surface area contributed by atoms with E-state index in [4.69, 9.17) is 0 Å². The summed E-state index contributed by atoms with van der Waals surface area (Å²) in [5.74, 6) is 0.867. The van der Waals surface area contributed by atoms with Crippen LogP contribution in [0, 0.1) is 5.92 Å². The van der Waals surface area contributed by atoms with Gasteiger partial charge in [0.2, 0.25) is 0 Å². The van der Waals surface area contributed by atoms with Gasteiger partial charge < -0.3 is 10.2 Å². The molecular formula is C22H28N4O3S. The zero-order valence-electron chi connectivity index (χ0n) is 17.3. The van der Waals surface area contributed by atoms with E-state index in [2.05, 4.69) is 33.7 Å². The van der Waals surface area contributed by atoms with Crippen molar-refractivity contribution in [1.82, 2.24) is 15.1 Å². The van der Waals surface area contributed by atoms with Gasteiger partial charge in [-0.3, -0.25) is 9.69 Å². The molecule has 0 radical (unpaired) electrons. The Balaban J connectivity index is 1.39. The Hall–Kier alpha value is -2.45. The Bertz CT molecular complexity index is 1010. The summed E-state index contributed by atoms with van der Waals surface area (Å²) in [6, 6.07) is 8.25. The van der Waals surface area contributed by atoms with E-state index in [9.17, 15) is 13.2 Å². The molecule has 30 heavy (non-hydrogen) atoms. The molecule has 4 rings (SSSR count). The van der Waals surface area contributed by atoms with E-state index in [0.29, 0.717) is 24.5 Å². The Kier molecular flexibility index (Phi) is 6.06. The average molecular weight is 429 g/mol. The molecule has 0 bridgehead atoms. The number of nitrogens with zero attached hydrogens (tertiary/aromatic N) is 3. The third-order valence-electron chi connectivity index (χ3n) is 5.78. The molecule has 1 aromatic rings. The highest BCUT2D eigenvalue weighted by Crippen LogP contribution is 2.20. The molecule has 0 spiro atoms. The number of carbonyl (C=O) groups excluding carboxylic acids is 1. The molecule has 0 saturated carbocycles. The van der Waals surface area contributed by atoms with Gasteiger partial charge in [-0.15, -0.1) is 4.40 Å². The topological polar surface area (TPSA) is 82.1 Å². The fourth-order valence-electron chi connectivity index (χ4n) is 4.17. The monoisotopic (exact) mass is 428 g/mol. The zero-order valence-corrected chi connectivity index (χ0v) is 18.1. The van der Waals surface area contributed by atoms with Gasteiger partial charge in [-0.25, -0.2) is 8.42 Å². The normalized spacial score (nSPS) is 23.4. The maximum Gasteiger partial charge on any atom is 0.256 e. The molecule has 1 fully saturated rings. The lowest BCUT2D eigenvalue weighted by molar-refractivity contribution is -0.117. The van der Waals surface area contributed by atoms with Crippen LogP contribution in [0.3, 0.4) is 0 Å². The fourth-order valence-corrected chi connectivity index (χ4v) is 5.14. The van der Waals surface area contributed by atoms with Crippen molar-refractivity contribution < 1.29 is 13.2 Å². The second kappa shape index (κ2) is 8.73. The molecule has 1 amide bonds. The number of hydrogen-bond acceptors (Lipinski definition) is 5. The second-order valence-corrected chi connectivity index (χ2v) is 10.0.